The average molecular weight is 218 g/mol. The molecule has 0 aliphatic rings. The Hall–Kier alpha value is -0.280. The van der Waals surface area contributed by atoms with Crippen LogP contribution in [0.25, 0.3) is 0 Å². The minimum Gasteiger partial charge on any atom is -0.453 e. The zero-order valence-electron chi connectivity index (χ0n) is 6.73. The maximum atomic E-state index is 5.38. The SMILES string of the molecule is CCC(NC)c1ccc(Br)o1. The minimum absolute atomic E-state index is 0.335. The third kappa shape index (κ3) is 2.07. The predicted octanol–water partition coefficient (Wildman–Crippen LogP) is 2.71. The van der Waals surface area contributed by atoms with Crippen LogP contribution in [0.5, 0.6) is 0 Å². The number of furan rings is 1. The second-order valence-electron chi connectivity index (χ2n) is 2.39. The van der Waals surface area contributed by atoms with E-state index in [4.69, 9.17) is 4.42 Å². The van der Waals surface area contributed by atoms with Gasteiger partial charge in [0.2, 0.25) is 0 Å². The van der Waals surface area contributed by atoms with Gasteiger partial charge in [-0.2, -0.15) is 0 Å². The standard InChI is InChI=1S/C8H12BrNO/c1-3-6(10-2)7-4-5-8(9)11-7/h4-6,10H,3H2,1-2H3. The first kappa shape index (κ1) is 8.81. The molecule has 1 aromatic rings. The second kappa shape index (κ2) is 3.93. The largest absolute Gasteiger partial charge is 0.453 e. The Bertz CT molecular complexity index is 218. The van der Waals surface area contributed by atoms with Gasteiger partial charge in [0.15, 0.2) is 4.67 Å². The maximum absolute atomic E-state index is 5.38. The summed E-state index contributed by atoms with van der Waals surface area (Å²) in [5.74, 6) is 0.988. The van der Waals surface area contributed by atoms with E-state index in [0.717, 1.165) is 16.9 Å². The van der Waals surface area contributed by atoms with Crippen LogP contribution in [-0.2, 0) is 0 Å². The van der Waals surface area contributed by atoms with Crippen molar-refractivity contribution in [3.05, 3.63) is 22.6 Å². The molecule has 1 aromatic heterocycles. The highest BCUT2D eigenvalue weighted by Crippen LogP contribution is 2.21. The lowest BCUT2D eigenvalue weighted by atomic mass is 10.2. The van der Waals surface area contributed by atoms with Gasteiger partial charge in [0, 0.05) is 0 Å². The normalized spacial score (nSPS) is 13.4. The number of nitrogens with one attached hydrogen (secondary N) is 1. The molecule has 0 aliphatic carbocycles. The Morgan fingerprint density at radius 3 is 2.73 bits per heavy atom. The summed E-state index contributed by atoms with van der Waals surface area (Å²) in [7, 11) is 1.94. The summed E-state index contributed by atoms with van der Waals surface area (Å²) >= 11 is 3.26. The summed E-state index contributed by atoms with van der Waals surface area (Å²) in [5.41, 5.74) is 0. The van der Waals surface area contributed by atoms with Gasteiger partial charge in [-0.05, 0) is 41.5 Å². The van der Waals surface area contributed by atoms with Crippen LogP contribution in [-0.4, -0.2) is 7.05 Å². The Kier molecular flexibility index (Phi) is 3.15. The maximum Gasteiger partial charge on any atom is 0.169 e. The van der Waals surface area contributed by atoms with Crippen LogP contribution in [0.3, 0.4) is 0 Å². The lowest BCUT2D eigenvalue weighted by Gasteiger charge is -2.09. The van der Waals surface area contributed by atoms with Crippen molar-refractivity contribution < 1.29 is 4.42 Å². The predicted molar refractivity (Wildman–Crippen MR) is 48.5 cm³/mol. The van der Waals surface area contributed by atoms with Gasteiger partial charge in [-0.1, -0.05) is 6.92 Å². The van der Waals surface area contributed by atoms with Gasteiger partial charge in [0.05, 0.1) is 6.04 Å². The number of rotatable bonds is 3. The molecular formula is C8H12BrNO. The topological polar surface area (TPSA) is 25.2 Å². The van der Waals surface area contributed by atoms with Crippen molar-refractivity contribution in [3.63, 3.8) is 0 Å². The Morgan fingerprint density at radius 1 is 1.64 bits per heavy atom. The summed E-state index contributed by atoms with van der Waals surface area (Å²) in [6.45, 7) is 2.12. The lowest BCUT2D eigenvalue weighted by Crippen LogP contribution is -2.14. The molecule has 0 radical (unpaired) electrons. The Balaban J connectivity index is 2.73. The van der Waals surface area contributed by atoms with Crippen molar-refractivity contribution >= 4 is 15.9 Å². The average Bonchev–Trinajstić information content (AvgIpc) is 2.39. The van der Waals surface area contributed by atoms with E-state index in [1.807, 2.05) is 19.2 Å². The summed E-state index contributed by atoms with van der Waals surface area (Å²) in [6, 6.07) is 4.23. The number of hydrogen-bond donors (Lipinski definition) is 1. The van der Waals surface area contributed by atoms with E-state index in [0.29, 0.717) is 6.04 Å². The van der Waals surface area contributed by atoms with Crippen LogP contribution >= 0.6 is 15.9 Å². The van der Waals surface area contributed by atoms with Crippen molar-refractivity contribution in [1.82, 2.24) is 5.32 Å². The first-order valence-corrected chi connectivity index (χ1v) is 4.49. The summed E-state index contributed by atoms with van der Waals surface area (Å²) in [4.78, 5) is 0. The smallest absolute Gasteiger partial charge is 0.169 e. The molecule has 0 amide bonds. The van der Waals surface area contributed by atoms with Crippen molar-refractivity contribution in [1.29, 1.82) is 0 Å². The van der Waals surface area contributed by atoms with E-state index in [2.05, 4.69) is 28.2 Å². The lowest BCUT2D eigenvalue weighted by molar-refractivity contribution is 0.412. The highest BCUT2D eigenvalue weighted by molar-refractivity contribution is 9.10. The van der Waals surface area contributed by atoms with Crippen LogP contribution < -0.4 is 5.32 Å². The Labute approximate surface area is 75.1 Å². The molecule has 0 aliphatic heterocycles. The molecule has 0 bridgehead atoms. The third-order valence-corrected chi connectivity index (χ3v) is 2.12. The van der Waals surface area contributed by atoms with Gasteiger partial charge >= 0.3 is 0 Å². The highest BCUT2D eigenvalue weighted by atomic mass is 79.9. The molecule has 1 rings (SSSR count). The zero-order chi connectivity index (χ0) is 8.27. The molecule has 2 nitrogen and oxygen atoms in total. The van der Waals surface area contributed by atoms with Gasteiger partial charge in [-0.3, -0.25) is 0 Å². The quantitative estimate of drug-likeness (QED) is 0.843. The van der Waals surface area contributed by atoms with Crippen molar-refractivity contribution in [2.75, 3.05) is 7.05 Å². The molecule has 1 N–H and O–H groups in total. The molecule has 0 saturated carbocycles. The molecule has 62 valence electrons. The Morgan fingerprint density at radius 2 is 2.36 bits per heavy atom. The molecule has 0 fully saturated rings. The fourth-order valence-corrected chi connectivity index (χ4v) is 1.38. The number of hydrogen-bond acceptors (Lipinski definition) is 2. The molecule has 11 heavy (non-hydrogen) atoms. The fourth-order valence-electron chi connectivity index (χ4n) is 1.06. The molecule has 0 saturated heterocycles. The summed E-state index contributed by atoms with van der Waals surface area (Å²) < 4.78 is 6.17. The molecule has 0 aromatic carbocycles. The molecule has 1 unspecified atom stereocenters. The number of halogens is 1. The van der Waals surface area contributed by atoms with Crippen LogP contribution in [0.4, 0.5) is 0 Å². The molecule has 3 heteroatoms. The van der Waals surface area contributed by atoms with Crippen molar-refractivity contribution in [3.8, 4) is 0 Å². The van der Waals surface area contributed by atoms with E-state index in [-0.39, 0.29) is 0 Å². The summed E-state index contributed by atoms with van der Waals surface area (Å²) in [6.07, 6.45) is 1.04. The summed E-state index contributed by atoms with van der Waals surface area (Å²) in [5, 5.41) is 3.17. The van der Waals surface area contributed by atoms with E-state index < -0.39 is 0 Å². The van der Waals surface area contributed by atoms with Gasteiger partial charge in [0.25, 0.3) is 0 Å². The van der Waals surface area contributed by atoms with E-state index >= 15 is 0 Å². The van der Waals surface area contributed by atoms with Crippen LogP contribution in [0.2, 0.25) is 0 Å². The van der Waals surface area contributed by atoms with Crippen LogP contribution in [0.1, 0.15) is 25.1 Å². The first-order valence-electron chi connectivity index (χ1n) is 3.70. The molecule has 1 heterocycles. The highest BCUT2D eigenvalue weighted by Gasteiger charge is 2.09. The second-order valence-corrected chi connectivity index (χ2v) is 3.17. The first-order chi connectivity index (χ1) is 5.27. The van der Waals surface area contributed by atoms with Crippen molar-refractivity contribution in [2.45, 2.75) is 19.4 Å². The van der Waals surface area contributed by atoms with Gasteiger partial charge in [-0.25, -0.2) is 0 Å². The van der Waals surface area contributed by atoms with Crippen molar-refractivity contribution in [2.24, 2.45) is 0 Å². The van der Waals surface area contributed by atoms with Gasteiger partial charge in [-0.15, -0.1) is 0 Å². The molecular weight excluding hydrogens is 206 g/mol. The third-order valence-electron chi connectivity index (χ3n) is 1.69. The monoisotopic (exact) mass is 217 g/mol. The molecule has 1 atom stereocenters. The van der Waals surface area contributed by atoms with Gasteiger partial charge < -0.3 is 9.73 Å². The minimum atomic E-state index is 0.335. The fraction of sp³-hybridized carbons (Fsp3) is 0.500. The zero-order valence-corrected chi connectivity index (χ0v) is 8.31. The van der Waals surface area contributed by atoms with E-state index in [1.165, 1.54) is 0 Å². The van der Waals surface area contributed by atoms with Crippen LogP contribution in [0, 0.1) is 0 Å². The van der Waals surface area contributed by atoms with Crippen LogP contribution in [0.15, 0.2) is 21.2 Å². The van der Waals surface area contributed by atoms with E-state index in [9.17, 15) is 0 Å². The molecule has 0 spiro atoms. The van der Waals surface area contributed by atoms with E-state index in [1.54, 1.807) is 0 Å². The van der Waals surface area contributed by atoms with Gasteiger partial charge in [0.1, 0.15) is 5.76 Å².